The van der Waals surface area contributed by atoms with E-state index in [-0.39, 0.29) is 6.54 Å². The molecule has 1 N–H and O–H groups in total. The molecular formula is C16H23NO3. The highest BCUT2D eigenvalue weighted by molar-refractivity contribution is 5.69. The Morgan fingerprint density at radius 1 is 1.40 bits per heavy atom. The number of nitrogens with zero attached hydrogens (tertiary/aromatic N) is 1. The molecule has 1 unspecified atom stereocenters. The van der Waals surface area contributed by atoms with Crippen LogP contribution in [0.4, 0.5) is 0 Å². The first-order chi connectivity index (χ1) is 9.67. The average Bonchev–Trinajstić information content (AvgIpc) is 2.45. The maximum atomic E-state index is 10.7. The predicted octanol–water partition coefficient (Wildman–Crippen LogP) is 2.42. The lowest BCUT2D eigenvalue weighted by Crippen LogP contribution is -2.40. The van der Waals surface area contributed by atoms with Crippen molar-refractivity contribution in [1.82, 2.24) is 4.90 Å². The zero-order chi connectivity index (χ0) is 14.4. The molecule has 1 aliphatic rings. The Morgan fingerprint density at radius 2 is 2.15 bits per heavy atom. The number of carboxylic acid groups (broad SMARTS) is 1. The minimum absolute atomic E-state index is 0.141. The van der Waals surface area contributed by atoms with Crippen LogP contribution < -0.4 is 4.74 Å². The van der Waals surface area contributed by atoms with Crippen molar-refractivity contribution in [2.75, 3.05) is 26.2 Å². The summed E-state index contributed by atoms with van der Waals surface area (Å²) in [5.41, 5.74) is 1.31. The fraction of sp³-hybridized carbons (Fsp3) is 0.562. The summed E-state index contributed by atoms with van der Waals surface area (Å²) in [6.07, 6.45) is 3.20. The van der Waals surface area contributed by atoms with Gasteiger partial charge in [0.2, 0.25) is 0 Å². The molecule has 0 radical (unpaired) electrons. The molecule has 0 aromatic heterocycles. The van der Waals surface area contributed by atoms with Gasteiger partial charge in [-0.05, 0) is 43.5 Å². The number of carboxylic acids is 1. The van der Waals surface area contributed by atoms with Gasteiger partial charge in [0.25, 0.3) is 0 Å². The van der Waals surface area contributed by atoms with E-state index < -0.39 is 5.97 Å². The summed E-state index contributed by atoms with van der Waals surface area (Å²) >= 11 is 0. The number of carbonyl (C=O) groups is 1. The van der Waals surface area contributed by atoms with E-state index in [1.54, 1.807) is 0 Å². The van der Waals surface area contributed by atoms with Gasteiger partial charge < -0.3 is 9.84 Å². The van der Waals surface area contributed by atoms with Gasteiger partial charge in [-0.2, -0.15) is 0 Å². The smallest absolute Gasteiger partial charge is 0.317 e. The lowest BCUT2D eigenvalue weighted by molar-refractivity contribution is -0.138. The molecule has 1 saturated heterocycles. The van der Waals surface area contributed by atoms with Gasteiger partial charge in [0.1, 0.15) is 5.75 Å². The Kier molecular flexibility index (Phi) is 5.41. The first kappa shape index (κ1) is 14.9. The summed E-state index contributed by atoms with van der Waals surface area (Å²) in [5, 5.41) is 8.84. The quantitative estimate of drug-likeness (QED) is 0.867. The molecule has 1 aliphatic heterocycles. The van der Waals surface area contributed by atoms with E-state index >= 15 is 0 Å². The van der Waals surface area contributed by atoms with Gasteiger partial charge in [0, 0.05) is 12.5 Å². The van der Waals surface area contributed by atoms with Crippen LogP contribution in [0.5, 0.6) is 5.75 Å². The molecule has 1 heterocycles. The Hall–Kier alpha value is -1.55. The van der Waals surface area contributed by atoms with E-state index in [2.05, 4.69) is 19.1 Å². The molecule has 0 spiro atoms. The lowest BCUT2D eigenvalue weighted by Gasteiger charge is -2.31. The molecule has 110 valence electrons. The van der Waals surface area contributed by atoms with Crippen LogP contribution in [0.25, 0.3) is 0 Å². The van der Waals surface area contributed by atoms with E-state index in [1.165, 1.54) is 5.56 Å². The van der Waals surface area contributed by atoms with Gasteiger partial charge in [-0.3, -0.25) is 9.69 Å². The second kappa shape index (κ2) is 7.29. The molecule has 1 atom stereocenters. The van der Waals surface area contributed by atoms with Crippen LogP contribution in [0, 0.1) is 5.92 Å². The topological polar surface area (TPSA) is 49.8 Å². The maximum absolute atomic E-state index is 10.7. The van der Waals surface area contributed by atoms with Crippen molar-refractivity contribution in [3.63, 3.8) is 0 Å². The highest BCUT2D eigenvalue weighted by atomic mass is 16.5. The normalized spacial score (nSPS) is 19.8. The number of aliphatic carboxylic acids is 1. The Morgan fingerprint density at radius 3 is 2.80 bits per heavy atom. The monoisotopic (exact) mass is 277 g/mol. The van der Waals surface area contributed by atoms with Crippen LogP contribution in [-0.4, -0.2) is 42.2 Å². The van der Waals surface area contributed by atoms with Gasteiger partial charge in [-0.15, -0.1) is 0 Å². The van der Waals surface area contributed by atoms with Crippen LogP contribution in [-0.2, 0) is 11.2 Å². The summed E-state index contributed by atoms with van der Waals surface area (Å²) in [4.78, 5) is 12.7. The van der Waals surface area contributed by atoms with Crippen molar-refractivity contribution >= 4 is 5.97 Å². The zero-order valence-electron chi connectivity index (χ0n) is 12.0. The third-order valence-corrected chi connectivity index (χ3v) is 3.78. The van der Waals surface area contributed by atoms with Gasteiger partial charge >= 0.3 is 5.97 Å². The Labute approximate surface area is 120 Å². The van der Waals surface area contributed by atoms with E-state index in [1.807, 2.05) is 17.0 Å². The SMILES string of the molecule is CCc1ccc(OCC2CCCN(CC(=O)O)C2)cc1. The van der Waals surface area contributed by atoms with Gasteiger partial charge in [-0.25, -0.2) is 0 Å². The van der Waals surface area contributed by atoms with Crippen molar-refractivity contribution in [1.29, 1.82) is 0 Å². The maximum Gasteiger partial charge on any atom is 0.317 e. The Balaban J connectivity index is 1.79. The molecule has 1 aromatic rings. The summed E-state index contributed by atoms with van der Waals surface area (Å²) in [5.74, 6) is 0.577. The molecule has 0 aliphatic carbocycles. The number of aryl methyl sites for hydroxylation is 1. The minimum atomic E-state index is -0.748. The average molecular weight is 277 g/mol. The number of rotatable bonds is 6. The summed E-state index contributed by atoms with van der Waals surface area (Å²) in [6, 6.07) is 8.20. The molecular weight excluding hydrogens is 254 g/mol. The second-order valence-electron chi connectivity index (χ2n) is 5.45. The highest BCUT2D eigenvalue weighted by Crippen LogP contribution is 2.19. The summed E-state index contributed by atoms with van der Waals surface area (Å²) in [7, 11) is 0. The van der Waals surface area contributed by atoms with Crippen molar-refractivity contribution in [2.45, 2.75) is 26.2 Å². The molecule has 20 heavy (non-hydrogen) atoms. The number of ether oxygens (including phenoxy) is 1. The number of hydrogen-bond acceptors (Lipinski definition) is 3. The molecule has 4 nitrogen and oxygen atoms in total. The van der Waals surface area contributed by atoms with Crippen LogP contribution in [0.15, 0.2) is 24.3 Å². The molecule has 0 bridgehead atoms. The van der Waals surface area contributed by atoms with Crippen molar-refractivity contribution in [2.24, 2.45) is 5.92 Å². The number of benzene rings is 1. The van der Waals surface area contributed by atoms with Crippen LogP contribution in [0.1, 0.15) is 25.3 Å². The second-order valence-corrected chi connectivity index (χ2v) is 5.45. The van der Waals surface area contributed by atoms with Gasteiger partial charge in [0.15, 0.2) is 0 Å². The van der Waals surface area contributed by atoms with Crippen molar-refractivity contribution in [3.8, 4) is 5.75 Å². The molecule has 1 aromatic carbocycles. The van der Waals surface area contributed by atoms with Crippen molar-refractivity contribution in [3.05, 3.63) is 29.8 Å². The summed E-state index contributed by atoms with van der Waals surface area (Å²) in [6.45, 7) is 4.64. The Bertz CT molecular complexity index is 430. The lowest BCUT2D eigenvalue weighted by atomic mass is 9.99. The first-order valence-corrected chi connectivity index (χ1v) is 7.33. The van der Waals surface area contributed by atoms with Crippen LogP contribution in [0.3, 0.4) is 0 Å². The van der Waals surface area contributed by atoms with E-state index in [9.17, 15) is 4.79 Å². The zero-order valence-corrected chi connectivity index (χ0v) is 12.0. The fourth-order valence-corrected chi connectivity index (χ4v) is 2.66. The number of hydrogen-bond donors (Lipinski definition) is 1. The molecule has 0 amide bonds. The number of likely N-dealkylation sites (tertiary alicyclic amines) is 1. The van der Waals surface area contributed by atoms with Gasteiger partial charge in [-0.1, -0.05) is 19.1 Å². The van der Waals surface area contributed by atoms with Gasteiger partial charge in [0.05, 0.1) is 13.2 Å². The standard InChI is InChI=1S/C16H23NO3/c1-2-13-5-7-15(8-6-13)20-12-14-4-3-9-17(10-14)11-16(18)19/h5-8,14H,2-4,9-12H2,1H3,(H,18,19). The molecule has 4 heteroatoms. The van der Waals surface area contributed by atoms with Crippen LogP contribution >= 0.6 is 0 Å². The minimum Gasteiger partial charge on any atom is -0.493 e. The third kappa shape index (κ3) is 4.53. The molecule has 0 saturated carbocycles. The van der Waals surface area contributed by atoms with Crippen LogP contribution in [0.2, 0.25) is 0 Å². The largest absolute Gasteiger partial charge is 0.493 e. The third-order valence-electron chi connectivity index (χ3n) is 3.78. The predicted molar refractivity (Wildman–Crippen MR) is 78.1 cm³/mol. The van der Waals surface area contributed by atoms with E-state index in [0.717, 1.165) is 38.1 Å². The first-order valence-electron chi connectivity index (χ1n) is 7.33. The molecule has 1 fully saturated rings. The summed E-state index contributed by atoms with van der Waals surface area (Å²) < 4.78 is 5.82. The fourth-order valence-electron chi connectivity index (χ4n) is 2.66. The van der Waals surface area contributed by atoms with E-state index in [0.29, 0.717) is 12.5 Å². The van der Waals surface area contributed by atoms with E-state index in [4.69, 9.17) is 9.84 Å². The number of piperidine rings is 1. The van der Waals surface area contributed by atoms with Crippen molar-refractivity contribution < 1.29 is 14.6 Å². The highest BCUT2D eigenvalue weighted by Gasteiger charge is 2.21. The molecule has 2 rings (SSSR count).